The number of nitrogens with one attached hydrogen (secondary N) is 1. The molecule has 86 valence electrons. The summed E-state index contributed by atoms with van der Waals surface area (Å²) in [5, 5.41) is 8.58. The first-order valence-corrected chi connectivity index (χ1v) is 6.19. The van der Waals surface area contributed by atoms with Crippen molar-refractivity contribution in [3.05, 3.63) is 29.8 Å². The van der Waals surface area contributed by atoms with E-state index in [-0.39, 0.29) is 17.5 Å². The molecule has 0 aromatic heterocycles. The summed E-state index contributed by atoms with van der Waals surface area (Å²) < 4.78 is 25.7. The molecule has 1 unspecified atom stereocenters. The van der Waals surface area contributed by atoms with Gasteiger partial charge in [0.25, 0.3) is 0 Å². The second-order valence-electron chi connectivity index (χ2n) is 3.47. The van der Waals surface area contributed by atoms with Crippen LogP contribution in [0.5, 0.6) is 0 Å². The summed E-state index contributed by atoms with van der Waals surface area (Å²) in [7, 11) is -3.52. The average molecular weight is 239 g/mol. The minimum absolute atomic E-state index is 0.132. The molecule has 6 heteroatoms. The standard InChI is InChI=1S/C10H13N3O2S/c1-8(12)7-13-16(14,15)10-4-2-9(6-11)3-5-10/h2-5,8,13H,7,12H2,1H3. The number of nitrogens with zero attached hydrogens (tertiary/aromatic N) is 1. The van der Waals surface area contributed by atoms with Crippen LogP contribution in [0.3, 0.4) is 0 Å². The molecule has 0 heterocycles. The molecule has 5 nitrogen and oxygen atoms in total. The quantitative estimate of drug-likeness (QED) is 0.783. The van der Waals surface area contributed by atoms with Crippen LogP contribution < -0.4 is 10.5 Å². The van der Waals surface area contributed by atoms with Gasteiger partial charge >= 0.3 is 0 Å². The van der Waals surface area contributed by atoms with Gasteiger partial charge in [-0.1, -0.05) is 0 Å². The fraction of sp³-hybridized carbons (Fsp3) is 0.300. The van der Waals surface area contributed by atoms with Crippen molar-refractivity contribution in [3.63, 3.8) is 0 Å². The van der Waals surface area contributed by atoms with Crippen molar-refractivity contribution >= 4 is 10.0 Å². The number of sulfonamides is 1. The van der Waals surface area contributed by atoms with E-state index in [4.69, 9.17) is 11.0 Å². The van der Waals surface area contributed by atoms with Crippen molar-refractivity contribution < 1.29 is 8.42 Å². The smallest absolute Gasteiger partial charge is 0.240 e. The third kappa shape index (κ3) is 3.31. The first-order valence-electron chi connectivity index (χ1n) is 4.71. The van der Waals surface area contributed by atoms with E-state index in [0.717, 1.165) is 0 Å². The van der Waals surface area contributed by atoms with E-state index in [1.807, 2.05) is 6.07 Å². The molecule has 16 heavy (non-hydrogen) atoms. The Hall–Kier alpha value is -1.42. The molecule has 0 aliphatic carbocycles. The molecule has 1 rings (SSSR count). The molecule has 0 bridgehead atoms. The van der Waals surface area contributed by atoms with E-state index in [1.54, 1.807) is 6.92 Å². The lowest BCUT2D eigenvalue weighted by atomic mass is 10.2. The summed E-state index contributed by atoms with van der Waals surface area (Å²) in [6, 6.07) is 7.38. The monoisotopic (exact) mass is 239 g/mol. The highest BCUT2D eigenvalue weighted by molar-refractivity contribution is 7.89. The van der Waals surface area contributed by atoms with Gasteiger partial charge in [-0.2, -0.15) is 5.26 Å². The Kier molecular flexibility index (Phi) is 4.01. The number of rotatable bonds is 4. The van der Waals surface area contributed by atoms with Gasteiger partial charge in [-0.15, -0.1) is 0 Å². The van der Waals surface area contributed by atoms with Crippen LogP contribution in [0.15, 0.2) is 29.2 Å². The Balaban J connectivity index is 2.87. The van der Waals surface area contributed by atoms with Gasteiger partial charge in [0.05, 0.1) is 16.5 Å². The van der Waals surface area contributed by atoms with Crippen LogP contribution in [0.25, 0.3) is 0 Å². The zero-order chi connectivity index (χ0) is 12.2. The second kappa shape index (κ2) is 5.07. The molecule has 0 saturated carbocycles. The second-order valence-corrected chi connectivity index (χ2v) is 5.23. The fourth-order valence-electron chi connectivity index (χ4n) is 1.03. The summed E-state index contributed by atoms with van der Waals surface area (Å²) in [5.74, 6) is 0. The molecule has 0 aliphatic heterocycles. The minimum atomic E-state index is -3.52. The van der Waals surface area contributed by atoms with Gasteiger partial charge in [-0.3, -0.25) is 0 Å². The maximum atomic E-state index is 11.7. The molecule has 0 radical (unpaired) electrons. The minimum Gasteiger partial charge on any atom is -0.327 e. The molecule has 1 aromatic carbocycles. The van der Waals surface area contributed by atoms with Crippen molar-refractivity contribution in [2.24, 2.45) is 5.73 Å². The maximum Gasteiger partial charge on any atom is 0.240 e. The first kappa shape index (κ1) is 12.6. The van der Waals surface area contributed by atoms with Gasteiger partial charge in [0.2, 0.25) is 10.0 Å². The predicted molar refractivity (Wildman–Crippen MR) is 60.0 cm³/mol. The molecule has 0 spiro atoms. The topological polar surface area (TPSA) is 96.0 Å². The van der Waals surface area contributed by atoms with Crippen molar-refractivity contribution in [2.45, 2.75) is 17.9 Å². The molecule has 1 atom stereocenters. The van der Waals surface area contributed by atoms with E-state index in [0.29, 0.717) is 5.56 Å². The van der Waals surface area contributed by atoms with Crippen molar-refractivity contribution in [3.8, 4) is 6.07 Å². The van der Waals surface area contributed by atoms with Gasteiger partial charge in [0.15, 0.2) is 0 Å². The van der Waals surface area contributed by atoms with Crippen molar-refractivity contribution in [2.75, 3.05) is 6.54 Å². The molecule has 0 amide bonds. The Bertz CT molecular complexity index is 486. The number of hydrogen-bond donors (Lipinski definition) is 2. The lowest BCUT2D eigenvalue weighted by molar-refractivity contribution is 0.574. The summed E-state index contributed by atoms with van der Waals surface area (Å²) in [4.78, 5) is 0.132. The first-order chi connectivity index (χ1) is 7.45. The SMILES string of the molecule is CC(N)CNS(=O)(=O)c1ccc(C#N)cc1. The zero-order valence-corrected chi connectivity index (χ0v) is 9.66. The van der Waals surface area contributed by atoms with Crippen LogP contribution in [0, 0.1) is 11.3 Å². The summed E-state index contributed by atoms with van der Waals surface area (Å²) in [6.07, 6.45) is 0. The molecule has 0 aliphatic rings. The van der Waals surface area contributed by atoms with Crippen LogP contribution >= 0.6 is 0 Å². The van der Waals surface area contributed by atoms with Gasteiger partial charge in [0.1, 0.15) is 0 Å². The van der Waals surface area contributed by atoms with Crippen molar-refractivity contribution in [1.29, 1.82) is 5.26 Å². The van der Waals surface area contributed by atoms with Gasteiger partial charge in [-0.05, 0) is 31.2 Å². The molecule has 3 N–H and O–H groups in total. The van der Waals surface area contributed by atoms with Crippen LogP contribution in [0.2, 0.25) is 0 Å². The van der Waals surface area contributed by atoms with E-state index >= 15 is 0 Å². The van der Waals surface area contributed by atoms with E-state index in [2.05, 4.69) is 4.72 Å². The zero-order valence-electron chi connectivity index (χ0n) is 8.84. The number of hydrogen-bond acceptors (Lipinski definition) is 4. The summed E-state index contributed by atoms with van der Waals surface area (Å²) in [5.41, 5.74) is 5.88. The third-order valence-electron chi connectivity index (χ3n) is 1.89. The molecule has 1 aromatic rings. The Labute approximate surface area is 94.9 Å². The molecule has 0 fully saturated rings. The van der Waals surface area contributed by atoms with Gasteiger partial charge in [0, 0.05) is 12.6 Å². The molecular weight excluding hydrogens is 226 g/mol. The van der Waals surface area contributed by atoms with E-state index < -0.39 is 10.0 Å². The lowest BCUT2D eigenvalue weighted by Crippen LogP contribution is -2.35. The fourth-order valence-corrected chi connectivity index (χ4v) is 2.18. The molecule has 0 saturated heterocycles. The number of nitrogens with two attached hydrogens (primary N) is 1. The van der Waals surface area contributed by atoms with Gasteiger partial charge < -0.3 is 5.73 Å². The largest absolute Gasteiger partial charge is 0.327 e. The predicted octanol–water partition coefficient (Wildman–Crippen LogP) is 0.184. The highest BCUT2D eigenvalue weighted by Gasteiger charge is 2.13. The average Bonchev–Trinajstić information content (AvgIpc) is 2.27. The van der Waals surface area contributed by atoms with Crippen LogP contribution in [0.4, 0.5) is 0 Å². The molecular formula is C10H13N3O2S. The van der Waals surface area contributed by atoms with Crippen LogP contribution in [-0.2, 0) is 10.0 Å². The normalized spacial score (nSPS) is 13.1. The van der Waals surface area contributed by atoms with E-state index in [9.17, 15) is 8.42 Å². The Morgan fingerprint density at radius 1 is 1.44 bits per heavy atom. The third-order valence-corrected chi connectivity index (χ3v) is 3.33. The highest BCUT2D eigenvalue weighted by Crippen LogP contribution is 2.09. The van der Waals surface area contributed by atoms with E-state index in [1.165, 1.54) is 24.3 Å². The summed E-state index contributed by atoms with van der Waals surface area (Å²) in [6.45, 7) is 1.89. The van der Waals surface area contributed by atoms with Gasteiger partial charge in [-0.25, -0.2) is 13.1 Å². The number of nitriles is 1. The summed E-state index contributed by atoms with van der Waals surface area (Å²) >= 11 is 0. The van der Waals surface area contributed by atoms with Crippen LogP contribution in [0.1, 0.15) is 12.5 Å². The number of benzene rings is 1. The Morgan fingerprint density at radius 2 is 2.00 bits per heavy atom. The van der Waals surface area contributed by atoms with Crippen LogP contribution in [-0.4, -0.2) is 21.0 Å². The Morgan fingerprint density at radius 3 is 2.44 bits per heavy atom. The maximum absolute atomic E-state index is 11.7. The highest BCUT2D eigenvalue weighted by atomic mass is 32.2. The lowest BCUT2D eigenvalue weighted by Gasteiger charge is -2.08. The van der Waals surface area contributed by atoms with Crippen molar-refractivity contribution in [1.82, 2.24) is 4.72 Å².